The van der Waals surface area contributed by atoms with E-state index in [2.05, 4.69) is 10.3 Å². The van der Waals surface area contributed by atoms with Gasteiger partial charge in [0.2, 0.25) is 0 Å². The second kappa shape index (κ2) is 6.95. The third kappa shape index (κ3) is 3.65. The lowest BCUT2D eigenvalue weighted by Crippen LogP contribution is -2.25. The Morgan fingerprint density at radius 2 is 1.96 bits per heavy atom. The van der Waals surface area contributed by atoms with Gasteiger partial charge >= 0.3 is 6.18 Å². The molecule has 0 aliphatic heterocycles. The predicted octanol–water partition coefficient (Wildman–Crippen LogP) is 4.18. The summed E-state index contributed by atoms with van der Waals surface area (Å²) in [7, 11) is 0. The molecular weight excluding hydrogens is 363 g/mol. The summed E-state index contributed by atoms with van der Waals surface area (Å²) in [4.78, 5) is 16.6. The quantitative estimate of drug-likeness (QED) is 0.715. The molecule has 26 heavy (non-hydrogen) atoms. The number of thiophene rings is 1. The van der Waals surface area contributed by atoms with Gasteiger partial charge in [-0.3, -0.25) is 4.79 Å². The number of nitrogens with zero attached hydrogens (tertiary/aromatic N) is 1. The molecule has 0 aliphatic carbocycles. The topological polar surface area (TPSA) is 68.0 Å². The molecule has 4 nitrogen and oxygen atoms in total. The van der Waals surface area contributed by atoms with Crippen LogP contribution in [0, 0.1) is 6.92 Å². The van der Waals surface area contributed by atoms with Crippen molar-refractivity contribution in [3.8, 4) is 0 Å². The van der Waals surface area contributed by atoms with Gasteiger partial charge in [-0.15, -0.1) is 11.3 Å². The molecule has 0 fully saturated rings. The highest BCUT2D eigenvalue weighted by atomic mass is 32.1. The molecule has 0 unspecified atom stereocenters. The molecule has 0 saturated carbocycles. The fraction of sp³-hybridized carbons (Fsp3) is 0.222. The van der Waals surface area contributed by atoms with Crippen LogP contribution in [0.2, 0.25) is 0 Å². The van der Waals surface area contributed by atoms with Crippen molar-refractivity contribution in [3.63, 3.8) is 0 Å². The van der Waals surface area contributed by atoms with Crippen LogP contribution in [0.15, 0.2) is 36.4 Å². The van der Waals surface area contributed by atoms with Gasteiger partial charge in [0.05, 0.1) is 11.3 Å². The van der Waals surface area contributed by atoms with Gasteiger partial charge in [0.25, 0.3) is 5.91 Å². The largest absolute Gasteiger partial charge is 0.417 e. The molecule has 0 radical (unpaired) electrons. The first-order chi connectivity index (χ1) is 12.3. The maximum absolute atomic E-state index is 13.3. The Bertz CT molecular complexity index is 952. The average Bonchev–Trinajstić information content (AvgIpc) is 2.91. The number of anilines is 1. The summed E-state index contributed by atoms with van der Waals surface area (Å²) in [6.45, 7) is 1.83. The second-order valence-electron chi connectivity index (χ2n) is 5.83. The minimum Gasteiger partial charge on any atom is -0.397 e. The van der Waals surface area contributed by atoms with Crippen LogP contribution < -0.4 is 11.1 Å². The second-order valence-corrected chi connectivity index (χ2v) is 6.82. The molecule has 2 heterocycles. The number of nitrogen functional groups attached to an aromatic ring is 1. The minimum absolute atomic E-state index is 0.0525. The van der Waals surface area contributed by atoms with Crippen LogP contribution in [0.1, 0.15) is 26.5 Å². The number of carbonyl (C=O) groups excluding carboxylic acids is 1. The SMILES string of the molecule is Cc1cc(C(F)(F)F)c2c(N)c(C(=O)NCCc3ccccc3)sc2n1. The van der Waals surface area contributed by atoms with E-state index in [1.54, 1.807) is 0 Å². The molecule has 0 saturated heterocycles. The maximum Gasteiger partial charge on any atom is 0.417 e. The highest BCUT2D eigenvalue weighted by Crippen LogP contribution is 2.42. The standard InChI is InChI=1S/C18H16F3N3OS/c1-10-9-12(18(19,20)21)13-14(22)15(26-17(13)24-10)16(25)23-8-7-11-5-3-2-4-6-11/h2-6,9H,7-8,22H2,1H3,(H,23,25). The van der Waals surface area contributed by atoms with Gasteiger partial charge < -0.3 is 11.1 Å². The molecule has 2 aromatic heterocycles. The van der Waals surface area contributed by atoms with Gasteiger partial charge in [-0.2, -0.15) is 13.2 Å². The summed E-state index contributed by atoms with van der Waals surface area (Å²) < 4.78 is 39.9. The van der Waals surface area contributed by atoms with E-state index >= 15 is 0 Å². The lowest BCUT2D eigenvalue weighted by atomic mass is 10.1. The molecule has 3 aromatic rings. The van der Waals surface area contributed by atoms with E-state index in [-0.39, 0.29) is 26.5 Å². The molecule has 1 amide bonds. The summed E-state index contributed by atoms with van der Waals surface area (Å²) >= 11 is 0.875. The number of pyridine rings is 1. The van der Waals surface area contributed by atoms with Crippen LogP contribution in [0.5, 0.6) is 0 Å². The normalized spacial score (nSPS) is 11.7. The summed E-state index contributed by atoms with van der Waals surface area (Å²) in [5.74, 6) is -0.493. The number of hydrogen-bond acceptors (Lipinski definition) is 4. The number of nitrogens with one attached hydrogen (secondary N) is 1. The summed E-state index contributed by atoms with van der Waals surface area (Å²) in [5.41, 5.74) is 6.11. The number of amides is 1. The van der Waals surface area contributed by atoms with E-state index in [9.17, 15) is 18.0 Å². The van der Waals surface area contributed by atoms with E-state index in [4.69, 9.17) is 5.73 Å². The van der Waals surface area contributed by atoms with Crippen molar-refractivity contribution in [2.24, 2.45) is 0 Å². The zero-order valence-corrected chi connectivity index (χ0v) is 14.7. The number of aryl methyl sites for hydroxylation is 1. The van der Waals surface area contributed by atoms with Crippen LogP contribution in [0.4, 0.5) is 18.9 Å². The fourth-order valence-corrected chi connectivity index (χ4v) is 3.76. The first kappa shape index (κ1) is 18.2. The molecule has 3 rings (SSSR count). The number of carbonyl (C=O) groups is 1. The molecular formula is C18H16F3N3OS. The van der Waals surface area contributed by atoms with Crippen molar-refractivity contribution in [1.82, 2.24) is 10.3 Å². The first-order valence-corrected chi connectivity index (χ1v) is 8.68. The van der Waals surface area contributed by atoms with E-state index < -0.39 is 17.6 Å². The van der Waals surface area contributed by atoms with Crippen molar-refractivity contribution >= 4 is 33.1 Å². The Morgan fingerprint density at radius 3 is 2.62 bits per heavy atom. The third-order valence-electron chi connectivity index (χ3n) is 3.88. The Hall–Kier alpha value is -2.61. The van der Waals surface area contributed by atoms with E-state index in [0.29, 0.717) is 13.0 Å². The van der Waals surface area contributed by atoms with Gasteiger partial charge in [-0.1, -0.05) is 30.3 Å². The van der Waals surface area contributed by atoms with Crippen LogP contribution in [-0.4, -0.2) is 17.4 Å². The monoisotopic (exact) mass is 379 g/mol. The van der Waals surface area contributed by atoms with E-state index in [1.165, 1.54) is 6.92 Å². The molecule has 8 heteroatoms. The average molecular weight is 379 g/mol. The summed E-state index contributed by atoms with van der Waals surface area (Å²) in [6.07, 6.45) is -3.95. The third-order valence-corrected chi connectivity index (χ3v) is 4.98. The fourth-order valence-electron chi connectivity index (χ4n) is 2.68. The summed E-state index contributed by atoms with van der Waals surface area (Å²) in [6, 6.07) is 10.5. The van der Waals surface area contributed by atoms with Crippen LogP contribution in [-0.2, 0) is 12.6 Å². The predicted molar refractivity (Wildman–Crippen MR) is 96.3 cm³/mol. The number of rotatable bonds is 4. The number of hydrogen-bond donors (Lipinski definition) is 2. The van der Waals surface area contributed by atoms with Crippen molar-refractivity contribution in [1.29, 1.82) is 0 Å². The Labute approximate surface area is 151 Å². The Kier molecular flexibility index (Phi) is 4.86. The molecule has 136 valence electrons. The Morgan fingerprint density at radius 1 is 1.27 bits per heavy atom. The van der Waals surface area contributed by atoms with Gasteiger partial charge in [0.1, 0.15) is 9.71 Å². The summed E-state index contributed by atoms with van der Waals surface area (Å²) in [5, 5.41) is 2.50. The maximum atomic E-state index is 13.3. The molecule has 3 N–H and O–H groups in total. The van der Waals surface area contributed by atoms with Crippen molar-refractivity contribution in [2.45, 2.75) is 19.5 Å². The van der Waals surface area contributed by atoms with Crippen molar-refractivity contribution < 1.29 is 18.0 Å². The van der Waals surface area contributed by atoms with Gasteiger partial charge in [0.15, 0.2) is 0 Å². The lowest BCUT2D eigenvalue weighted by Gasteiger charge is -2.09. The van der Waals surface area contributed by atoms with Crippen LogP contribution in [0.25, 0.3) is 10.2 Å². The lowest BCUT2D eigenvalue weighted by molar-refractivity contribution is -0.136. The van der Waals surface area contributed by atoms with Crippen molar-refractivity contribution in [2.75, 3.05) is 12.3 Å². The first-order valence-electron chi connectivity index (χ1n) is 7.86. The number of nitrogens with two attached hydrogens (primary N) is 1. The van der Waals surface area contributed by atoms with Crippen LogP contribution in [0.3, 0.4) is 0 Å². The zero-order valence-electron chi connectivity index (χ0n) is 13.9. The number of benzene rings is 1. The number of halogens is 3. The molecule has 0 atom stereocenters. The smallest absolute Gasteiger partial charge is 0.397 e. The molecule has 0 aliphatic rings. The molecule has 1 aromatic carbocycles. The van der Waals surface area contributed by atoms with Gasteiger partial charge in [-0.25, -0.2) is 4.98 Å². The molecule has 0 bridgehead atoms. The number of alkyl halides is 3. The number of fused-ring (bicyclic) bond motifs is 1. The Balaban J connectivity index is 1.86. The van der Waals surface area contributed by atoms with E-state index in [0.717, 1.165) is 23.0 Å². The van der Waals surface area contributed by atoms with Crippen LogP contribution >= 0.6 is 11.3 Å². The van der Waals surface area contributed by atoms with E-state index in [1.807, 2.05) is 30.3 Å². The highest BCUT2D eigenvalue weighted by Gasteiger charge is 2.35. The zero-order chi connectivity index (χ0) is 18.9. The molecule has 0 spiro atoms. The number of aromatic nitrogens is 1. The minimum atomic E-state index is -4.57. The highest BCUT2D eigenvalue weighted by molar-refractivity contribution is 7.21. The van der Waals surface area contributed by atoms with Gasteiger partial charge in [-0.05, 0) is 25.0 Å². The van der Waals surface area contributed by atoms with Gasteiger partial charge in [0, 0.05) is 17.6 Å². The van der Waals surface area contributed by atoms with Crippen molar-refractivity contribution in [3.05, 3.63) is 58.1 Å².